The number of carbonyl (C=O) groups excluding carboxylic acids is 2. The number of halogens is 1. The second-order valence-corrected chi connectivity index (χ2v) is 5.80. The minimum absolute atomic E-state index is 0.293. The molecule has 6 nitrogen and oxygen atoms in total. The van der Waals surface area contributed by atoms with Crippen molar-refractivity contribution >= 4 is 29.2 Å². The van der Waals surface area contributed by atoms with E-state index in [1.807, 2.05) is 13.8 Å². The molecule has 0 radical (unpaired) electrons. The summed E-state index contributed by atoms with van der Waals surface area (Å²) < 4.78 is 15.6. The van der Waals surface area contributed by atoms with Gasteiger partial charge >= 0.3 is 5.97 Å². The van der Waals surface area contributed by atoms with E-state index in [2.05, 4.69) is 5.32 Å². The molecule has 0 heterocycles. The van der Waals surface area contributed by atoms with Crippen molar-refractivity contribution < 1.29 is 23.8 Å². The van der Waals surface area contributed by atoms with E-state index in [1.165, 1.54) is 0 Å². The SMILES string of the molecule is CCOc1ccc(NC(=O)COC(=O)COc2ccc(Cl)cc2C)cc1. The van der Waals surface area contributed by atoms with E-state index in [1.54, 1.807) is 42.5 Å². The average molecular weight is 378 g/mol. The third-order valence-electron chi connectivity index (χ3n) is 3.30. The zero-order chi connectivity index (χ0) is 18.9. The number of nitrogens with one attached hydrogen (secondary N) is 1. The number of amides is 1. The molecule has 0 unspecified atom stereocenters. The quantitative estimate of drug-likeness (QED) is 0.711. The van der Waals surface area contributed by atoms with Gasteiger partial charge in [0, 0.05) is 10.7 Å². The van der Waals surface area contributed by atoms with Crippen molar-refractivity contribution in [3.63, 3.8) is 0 Å². The normalized spacial score (nSPS) is 10.1. The van der Waals surface area contributed by atoms with Gasteiger partial charge in [0.1, 0.15) is 11.5 Å². The van der Waals surface area contributed by atoms with Gasteiger partial charge in [-0.25, -0.2) is 4.79 Å². The molecule has 0 aliphatic carbocycles. The fraction of sp³-hybridized carbons (Fsp3) is 0.263. The molecule has 0 saturated carbocycles. The lowest BCUT2D eigenvalue weighted by Gasteiger charge is -2.10. The molecule has 0 aliphatic heterocycles. The first kappa shape index (κ1) is 19.6. The zero-order valence-corrected chi connectivity index (χ0v) is 15.3. The van der Waals surface area contributed by atoms with Crippen molar-refractivity contribution in [3.05, 3.63) is 53.1 Å². The maximum absolute atomic E-state index is 11.8. The molecule has 1 N–H and O–H groups in total. The number of esters is 1. The number of carbonyl (C=O) groups is 2. The van der Waals surface area contributed by atoms with Gasteiger partial charge in [0.25, 0.3) is 5.91 Å². The van der Waals surface area contributed by atoms with Crippen LogP contribution in [0.25, 0.3) is 0 Å². The smallest absolute Gasteiger partial charge is 0.344 e. The average Bonchev–Trinajstić information content (AvgIpc) is 2.61. The highest BCUT2D eigenvalue weighted by molar-refractivity contribution is 6.30. The Bertz CT molecular complexity index is 761. The van der Waals surface area contributed by atoms with Gasteiger partial charge in [0.05, 0.1) is 6.61 Å². The summed E-state index contributed by atoms with van der Waals surface area (Å²) in [5, 5.41) is 3.22. The Morgan fingerprint density at radius 2 is 1.77 bits per heavy atom. The molecule has 0 saturated heterocycles. The van der Waals surface area contributed by atoms with Gasteiger partial charge in [-0.15, -0.1) is 0 Å². The summed E-state index contributed by atoms with van der Waals surface area (Å²) in [6, 6.07) is 12.0. The molecular formula is C19H20ClNO5. The predicted molar refractivity (Wildman–Crippen MR) is 98.9 cm³/mol. The van der Waals surface area contributed by atoms with Gasteiger partial charge in [-0.05, 0) is 61.9 Å². The summed E-state index contributed by atoms with van der Waals surface area (Å²) in [4.78, 5) is 23.5. The van der Waals surface area contributed by atoms with Crippen molar-refractivity contribution in [2.45, 2.75) is 13.8 Å². The summed E-state index contributed by atoms with van der Waals surface area (Å²) in [5.74, 6) is 0.170. The fourth-order valence-corrected chi connectivity index (χ4v) is 2.32. The number of rotatable bonds is 8. The Labute approximate surface area is 157 Å². The van der Waals surface area contributed by atoms with Crippen LogP contribution in [0, 0.1) is 6.92 Å². The first-order valence-electron chi connectivity index (χ1n) is 8.05. The molecule has 2 aromatic carbocycles. The monoisotopic (exact) mass is 377 g/mol. The van der Waals surface area contributed by atoms with Crippen LogP contribution in [0.15, 0.2) is 42.5 Å². The van der Waals surface area contributed by atoms with Crippen LogP contribution in [0.2, 0.25) is 5.02 Å². The van der Waals surface area contributed by atoms with E-state index in [-0.39, 0.29) is 6.61 Å². The second-order valence-electron chi connectivity index (χ2n) is 5.36. The molecule has 0 aromatic heterocycles. The second kappa shape index (κ2) is 9.68. The fourth-order valence-electron chi connectivity index (χ4n) is 2.10. The number of benzene rings is 2. The Hall–Kier alpha value is -2.73. The van der Waals surface area contributed by atoms with E-state index in [0.29, 0.717) is 28.8 Å². The summed E-state index contributed by atoms with van der Waals surface area (Å²) in [7, 11) is 0. The van der Waals surface area contributed by atoms with Crippen molar-refractivity contribution in [1.82, 2.24) is 0 Å². The zero-order valence-electron chi connectivity index (χ0n) is 14.6. The summed E-state index contributed by atoms with van der Waals surface area (Å²) in [6.07, 6.45) is 0. The van der Waals surface area contributed by atoms with E-state index >= 15 is 0 Å². The number of ether oxygens (including phenoxy) is 3. The maximum atomic E-state index is 11.8. The van der Waals surface area contributed by atoms with Crippen LogP contribution in [0.5, 0.6) is 11.5 Å². The molecule has 0 spiro atoms. The molecule has 138 valence electrons. The van der Waals surface area contributed by atoms with Gasteiger partial charge in [0.2, 0.25) is 0 Å². The Kier molecular flexibility index (Phi) is 7.29. The van der Waals surface area contributed by atoms with Crippen LogP contribution >= 0.6 is 11.6 Å². The Morgan fingerprint density at radius 1 is 1.04 bits per heavy atom. The van der Waals surface area contributed by atoms with Crippen molar-refractivity contribution in [3.8, 4) is 11.5 Å². The minimum Gasteiger partial charge on any atom is -0.494 e. The van der Waals surface area contributed by atoms with E-state index < -0.39 is 18.5 Å². The standard InChI is InChI=1S/C19H20ClNO5/c1-3-24-16-7-5-15(6-8-16)21-18(22)11-26-19(23)12-25-17-9-4-14(20)10-13(17)2/h4-10H,3,11-12H2,1-2H3,(H,21,22). The number of aryl methyl sites for hydroxylation is 1. The van der Waals surface area contributed by atoms with Crippen LogP contribution in [-0.4, -0.2) is 31.7 Å². The topological polar surface area (TPSA) is 73.9 Å². The first-order chi connectivity index (χ1) is 12.5. The van der Waals surface area contributed by atoms with E-state index in [9.17, 15) is 9.59 Å². The molecule has 1 amide bonds. The molecule has 0 bridgehead atoms. The Balaban J connectivity index is 1.73. The van der Waals surface area contributed by atoms with Crippen LogP contribution < -0.4 is 14.8 Å². The molecule has 2 rings (SSSR count). The molecule has 0 fully saturated rings. The van der Waals surface area contributed by atoms with Gasteiger partial charge in [0.15, 0.2) is 13.2 Å². The number of hydrogen-bond donors (Lipinski definition) is 1. The lowest BCUT2D eigenvalue weighted by atomic mass is 10.2. The van der Waals surface area contributed by atoms with Gasteiger partial charge in [-0.1, -0.05) is 11.6 Å². The van der Waals surface area contributed by atoms with Gasteiger partial charge < -0.3 is 19.5 Å². The lowest BCUT2D eigenvalue weighted by Crippen LogP contribution is -2.23. The van der Waals surface area contributed by atoms with Crippen LogP contribution in [0.4, 0.5) is 5.69 Å². The lowest BCUT2D eigenvalue weighted by molar-refractivity contribution is -0.149. The Morgan fingerprint density at radius 3 is 2.42 bits per heavy atom. The van der Waals surface area contributed by atoms with Crippen LogP contribution in [0.3, 0.4) is 0 Å². The van der Waals surface area contributed by atoms with Crippen LogP contribution in [-0.2, 0) is 14.3 Å². The largest absolute Gasteiger partial charge is 0.494 e. The molecule has 2 aromatic rings. The molecular weight excluding hydrogens is 358 g/mol. The third-order valence-corrected chi connectivity index (χ3v) is 3.53. The summed E-state index contributed by atoms with van der Waals surface area (Å²) in [6.45, 7) is 3.59. The van der Waals surface area contributed by atoms with Crippen molar-refractivity contribution in [1.29, 1.82) is 0 Å². The molecule has 26 heavy (non-hydrogen) atoms. The third kappa shape index (κ3) is 6.29. The van der Waals surface area contributed by atoms with Gasteiger partial charge in [-0.2, -0.15) is 0 Å². The maximum Gasteiger partial charge on any atom is 0.344 e. The minimum atomic E-state index is -0.638. The predicted octanol–water partition coefficient (Wildman–Crippen LogP) is 3.61. The van der Waals surface area contributed by atoms with E-state index in [0.717, 1.165) is 5.56 Å². The molecule has 7 heteroatoms. The molecule has 0 atom stereocenters. The van der Waals surface area contributed by atoms with Gasteiger partial charge in [-0.3, -0.25) is 4.79 Å². The number of anilines is 1. The van der Waals surface area contributed by atoms with E-state index in [4.69, 9.17) is 25.8 Å². The highest BCUT2D eigenvalue weighted by Gasteiger charge is 2.10. The summed E-state index contributed by atoms with van der Waals surface area (Å²) >= 11 is 5.86. The highest BCUT2D eigenvalue weighted by Crippen LogP contribution is 2.21. The van der Waals surface area contributed by atoms with Crippen molar-refractivity contribution in [2.75, 3.05) is 25.1 Å². The summed E-state index contributed by atoms with van der Waals surface area (Å²) in [5.41, 5.74) is 1.39. The highest BCUT2D eigenvalue weighted by atomic mass is 35.5. The first-order valence-corrected chi connectivity index (χ1v) is 8.43. The number of hydrogen-bond acceptors (Lipinski definition) is 5. The van der Waals surface area contributed by atoms with Crippen LogP contribution in [0.1, 0.15) is 12.5 Å². The molecule has 0 aliphatic rings. The van der Waals surface area contributed by atoms with Crippen molar-refractivity contribution in [2.24, 2.45) is 0 Å².